The Morgan fingerprint density at radius 3 is 3.08 bits per heavy atom. The molecule has 136 valence electrons. The lowest BCUT2D eigenvalue weighted by atomic mass is 10.2. The first-order chi connectivity index (χ1) is 12.8. The number of carbonyl (C=O) groups is 1. The lowest BCUT2D eigenvalue weighted by Crippen LogP contribution is -2.19. The van der Waals surface area contributed by atoms with E-state index in [0.717, 1.165) is 30.9 Å². The molecular weight excluding hydrogens is 368 g/mol. The molecule has 1 aliphatic carbocycles. The van der Waals surface area contributed by atoms with E-state index in [1.807, 2.05) is 22.2 Å². The van der Waals surface area contributed by atoms with E-state index in [-0.39, 0.29) is 11.7 Å². The van der Waals surface area contributed by atoms with Crippen LogP contribution in [0, 0.1) is 0 Å². The van der Waals surface area contributed by atoms with Gasteiger partial charge in [0.1, 0.15) is 11.6 Å². The molecule has 2 N–H and O–H groups in total. The molecule has 3 heterocycles. The smallest absolute Gasteiger partial charge is 0.235 e. The molecule has 3 aromatic heterocycles. The van der Waals surface area contributed by atoms with Crippen molar-refractivity contribution in [3.63, 3.8) is 0 Å². The molecule has 0 aromatic carbocycles. The van der Waals surface area contributed by atoms with Crippen molar-refractivity contribution < 1.29 is 4.79 Å². The van der Waals surface area contributed by atoms with Crippen LogP contribution in [0.5, 0.6) is 0 Å². The van der Waals surface area contributed by atoms with Gasteiger partial charge in [0.15, 0.2) is 0 Å². The van der Waals surface area contributed by atoms with Crippen LogP contribution in [-0.4, -0.2) is 36.6 Å². The van der Waals surface area contributed by atoms with Crippen LogP contribution in [0.25, 0.3) is 0 Å². The highest BCUT2D eigenvalue weighted by Gasteiger charge is 2.20. The van der Waals surface area contributed by atoms with Crippen LogP contribution in [-0.2, 0) is 11.2 Å². The van der Waals surface area contributed by atoms with Gasteiger partial charge in [-0.3, -0.25) is 9.89 Å². The monoisotopic (exact) mass is 388 g/mol. The highest BCUT2D eigenvalue weighted by atomic mass is 32.2. The second-order valence-electron chi connectivity index (χ2n) is 6.26. The summed E-state index contributed by atoms with van der Waals surface area (Å²) in [6, 6.07) is 6.35. The van der Waals surface area contributed by atoms with E-state index < -0.39 is 0 Å². The van der Waals surface area contributed by atoms with Crippen molar-refractivity contribution in [2.75, 3.05) is 11.1 Å². The molecule has 3 aromatic rings. The Kier molecular flexibility index (Phi) is 5.35. The standard InChI is InChI=1S/C17H20N6OS2/c24-16(20-15-7-8-18-23(15)12-4-1-2-5-12)11-26-17-19-14(21-22-17)10-13-6-3-9-25-13/h3,6-9,12H,1-2,4-5,10-11H2,(H,20,24)(H,19,21,22). The Hall–Kier alpha value is -2.13. The molecule has 0 radical (unpaired) electrons. The van der Waals surface area contributed by atoms with Crippen molar-refractivity contribution in [3.8, 4) is 0 Å². The molecule has 4 rings (SSSR count). The number of H-pyrrole nitrogens is 1. The quantitative estimate of drug-likeness (QED) is 0.605. The number of thioether (sulfide) groups is 1. The maximum absolute atomic E-state index is 12.3. The zero-order chi connectivity index (χ0) is 17.8. The number of carbonyl (C=O) groups excluding carboxylic acids is 1. The van der Waals surface area contributed by atoms with E-state index in [1.54, 1.807) is 17.5 Å². The summed E-state index contributed by atoms with van der Waals surface area (Å²) >= 11 is 3.02. The number of thiophene rings is 1. The lowest BCUT2D eigenvalue weighted by Gasteiger charge is -2.14. The highest BCUT2D eigenvalue weighted by Crippen LogP contribution is 2.31. The van der Waals surface area contributed by atoms with Crippen LogP contribution in [0.4, 0.5) is 5.82 Å². The molecule has 1 saturated carbocycles. The Balaban J connectivity index is 1.29. The van der Waals surface area contributed by atoms with Crippen LogP contribution in [0.15, 0.2) is 34.9 Å². The summed E-state index contributed by atoms with van der Waals surface area (Å²) < 4.78 is 1.95. The molecular formula is C17H20N6OS2. The molecule has 7 nitrogen and oxygen atoms in total. The third kappa shape index (κ3) is 4.16. The zero-order valence-electron chi connectivity index (χ0n) is 14.2. The van der Waals surface area contributed by atoms with Gasteiger partial charge in [-0.1, -0.05) is 30.7 Å². The number of amides is 1. The minimum Gasteiger partial charge on any atom is -0.310 e. The summed E-state index contributed by atoms with van der Waals surface area (Å²) in [6.45, 7) is 0. The van der Waals surface area contributed by atoms with E-state index in [2.05, 4.69) is 31.7 Å². The third-order valence-electron chi connectivity index (χ3n) is 4.37. The number of aromatic nitrogens is 5. The number of hydrogen-bond donors (Lipinski definition) is 2. The Morgan fingerprint density at radius 1 is 1.38 bits per heavy atom. The normalized spacial score (nSPS) is 14.8. The Bertz CT molecular complexity index is 850. The Labute approximate surface area is 159 Å². The van der Waals surface area contributed by atoms with Crippen molar-refractivity contribution in [1.29, 1.82) is 0 Å². The van der Waals surface area contributed by atoms with Gasteiger partial charge in [0, 0.05) is 17.4 Å². The van der Waals surface area contributed by atoms with E-state index in [4.69, 9.17) is 0 Å². The number of rotatable bonds is 7. The van der Waals surface area contributed by atoms with Crippen LogP contribution in [0.3, 0.4) is 0 Å². The highest BCUT2D eigenvalue weighted by molar-refractivity contribution is 7.99. The molecule has 0 unspecified atom stereocenters. The molecule has 9 heteroatoms. The van der Waals surface area contributed by atoms with Gasteiger partial charge in [0.05, 0.1) is 18.0 Å². The van der Waals surface area contributed by atoms with Gasteiger partial charge in [-0.15, -0.1) is 16.4 Å². The number of nitrogens with one attached hydrogen (secondary N) is 2. The van der Waals surface area contributed by atoms with Gasteiger partial charge in [-0.25, -0.2) is 9.67 Å². The largest absolute Gasteiger partial charge is 0.310 e. The van der Waals surface area contributed by atoms with Gasteiger partial charge in [-0.05, 0) is 24.3 Å². The zero-order valence-corrected chi connectivity index (χ0v) is 15.9. The maximum atomic E-state index is 12.3. The fraction of sp³-hybridized carbons (Fsp3) is 0.412. The predicted octanol–water partition coefficient (Wildman–Crippen LogP) is 3.50. The van der Waals surface area contributed by atoms with Crippen molar-refractivity contribution in [2.45, 2.75) is 43.3 Å². The van der Waals surface area contributed by atoms with Crippen molar-refractivity contribution in [1.82, 2.24) is 25.0 Å². The second kappa shape index (κ2) is 8.05. The molecule has 1 amide bonds. The summed E-state index contributed by atoms with van der Waals surface area (Å²) in [5.74, 6) is 1.79. The second-order valence-corrected chi connectivity index (χ2v) is 8.23. The van der Waals surface area contributed by atoms with Gasteiger partial charge in [0.25, 0.3) is 0 Å². The van der Waals surface area contributed by atoms with Crippen molar-refractivity contribution >= 4 is 34.8 Å². The molecule has 0 saturated heterocycles. The van der Waals surface area contributed by atoms with Crippen LogP contribution >= 0.6 is 23.1 Å². The lowest BCUT2D eigenvalue weighted by molar-refractivity contribution is -0.113. The predicted molar refractivity (Wildman–Crippen MR) is 103 cm³/mol. The summed E-state index contributed by atoms with van der Waals surface area (Å²) in [7, 11) is 0. The molecule has 0 spiro atoms. The van der Waals surface area contributed by atoms with Crippen LogP contribution in [0.2, 0.25) is 0 Å². The van der Waals surface area contributed by atoms with Crippen LogP contribution < -0.4 is 5.32 Å². The average molecular weight is 389 g/mol. The minimum atomic E-state index is -0.0700. The molecule has 0 aliphatic heterocycles. The van der Waals surface area contributed by atoms with Gasteiger partial charge < -0.3 is 5.32 Å². The van der Waals surface area contributed by atoms with E-state index in [9.17, 15) is 4.79 Å². The summed E-state index contributed by atoms with van der Waals surface area (Å²) in [5.41, 5.74) is 0. The fourth-order valence-corrected chi connectivity index (χ4v) is 4.49. The first-order valence-corrected chi connectivity index (χ1v) is 10.5. The summed E-state index contributed by atoms with van der Waals surface area (Å²) in [6.07, 6.45) is 7.19. The Morgan fingerprint density at radius 2 is 2.27 bits per heavy atom. The first kappa shape index (κ1) is 17.3. The number of aromatic amines is 1. The average Bonchev–Trinajstić information content (AvgIpc) is 3.41. The minimum absolute atomic E-state index is 0.0700. The fourth-order valence-electron chi connectivity index (χ4n) is 3.16. The summed E-state index contributed by atoms with van der Waals surface area (Å²) in [4.78, 5) is 17.9. The van der Waals surface area contributed by atoms with Crippen molar-refractivity contribution in [3.05, 3.63) is 40.5 Å². The SMILES string of the molecule is O=C(CSc1n[nH]c(Cc2cccs2)n1)Nc1ccnn1C1CCCC1. The van der Waals surface area contributed by atoms with Gasteiger partial charge in [0.2, 0.25) is 11.1 Å². The molecule has 0 atom stereocenters. The van der Waals surface area contributed by atoms with Crippen molar-refractivity contribution in [2.24, 2.45) is 0 Å². The molecule has 0 bridgehead atoms. The van der Waals surface area contributed by atoms with Crippen LogP contribution in [0.1, 0.15) is 42.4 Å². The van der Waals surface area contributed by atoms with E-state index >= 15 is 0 Å². The number of hydrogen-bond acceptors (Lipinski definition) is 6. The molecule has 1 fully saturated rings. The van der Waals surface area contributed by atoms with E-state index in [1.165, 1.54) is 29.5 Å². The van der Waals surface area contributed by atoms with E-state index in [0.29, 0.717) is 11.2 Å². The number of nitrogens with zero attached hydrogens (tertiary/aromatic N) is 4. The summed E-state index contributed by atoms with van der Waals surface area (Å²) in [5, 5.41) is 17.1. The topological polar surface area (TPSA) is 88.5 Å². The maximum Gasteiger partial charge on any atom is 0.235 e. The molecule has 26 heavy (non-hydrogen) atoms. The first-order valence-electron chi connectivity index (χ1n) is 8.68. The number of anilines is 1. The third-order valence-corrected chi connectivity index (χ3v) is 6.10. The van der Waals surface area contributed by atoms with Gasteiger partial charge in [-0.2, -0.15) is 5.10 Å². The van der Waals surface area contributed by atoms with Gasteiger partial charge >= 0.3 is 0 Å². The molecule has 1 aliphatic rings.